The second-order valence-electron chi connectivity index (χ2n) is 10.3. The molecule has 0 unspecified atom stereocenters. The molecule has 1 aromatic heterocycles. The Labute approximate surface area is 217 Å². The second kappa shape index (κ2) is 11.0. The van der Waals surface area contributed by atoms with Crippen LogP contribution in [-0.2, 0) is 22.4 Å². The zero-order valence-electron chi connectivity index (χ0n) is 21.1. The maximum atomic E-state index is 13.0. The maximum absolute atomic E-state index is 13.0. The van der Waals surface area contributed by atoms with Crippen LogP contribution in [0.3, 0.4) is 0 Å². The molecule has 1 saturated carbocycles. The minimum absolute atomic E-state index is 0. The number of primary amides is 1. The van der Waals surface area contributed by atoms with E-state index in [4.69, 9.17) is 21.3 Å². The Morgan fingerprint density at radius 1 is 1.22 bits per heavy atom. The van der Waals surface area contributed by atoms with Crippen molar-refractivity contribution in [1.82, 2.24) is 9.78 Å². The monoisotopic (exact) mass is 517 g/mol. The number of benzene rings is 1. The minimum atomic E-state index is -0.557. The summed E-state index contributed by atoms with van der Waals surface area (Å²) in [5.74, 6) is -0.883. The third-order valence-corrected chi connectivity index (χ3v) is 6.96. The number of hydrogen-bond donors (Lipinski definition) is 3. The number of nitrogens with two attached hydrogens (primary N) is 2. The van der Waals surface area contributed by atoms with Crippen molar-refractivity contribution in [2.75, 3.05) is 11.9 Å². The Balaban J connectivity index is 0.00000361. The van der Waals surface area contributed by atoms with E-state index in [1.54, 1.807) is 12.1 Å². The lowest BCUT2D eigenvalue weighted by molar-refractivity contribution is -0.149. The highest BCUT2D eigenvalue weighted by Crippen LogP contribution is 2.38. The number of Topliss-reactive ketones (excluding diaryl/α,β-unsaturated/α-hetero) is 1. The first-order valence-electron chi connectivity index (χ1n) is 12.4. The van der Waals surface area contributed by atoms with Crippen molar-refractivity contribution in [3.63, 3.8) is 0 Å². The number of rotatable bonds is 7. The first-order chi connectivity index (χ1) is 16.6. The van der Waals surface area contributed by atoms with Crippen LogP contribution >= 0.6 is 12.4 Å². The molecule has 4 rings (SSSR count). The second-order valence-corrected chi connectivity index (χ2v) is 10.3. The molecule has 5 N–H and O–H groups in total. The molecule has 1 fully saturated rings. The minimum Gasteiger partial charge on any atom is -0.459 e. The van der Waals surface area contributed by atoms with Crippen LogP contribution < -0.4 is 16.8 Å². The van der Waals surface area contributed by atoms with Crippen molar-refractivity contribution in [2.45, 2.75) is 77.9 Å². The molecule has 1 amide bonds. The summed E-state index contributed by atoms with van der Waals surface area (Å²) in [6.45, 7) is 6.00. The number of aryl methyl sites for hydroxylation is 1. The summed E-state index contributed by atoms with van der Waals surface area (Å²) >= 11 is 0. The van der Waals surface area contributed by atoms with E-state index in [-0.39, 0.29) is 42.3 Å². The predicted molar refractivity (Wildman–Crippen MR) is 140 cm³/mol. The number of hydrogen-bond acceptors (Lipinski definition) is 7. The van der Waals surface area contributed by atoms with Crippen molar-refractivity contribution in [3.05, 3.63) is 40.7 Å². The number of ether oxygens (including phenoxy) is 1. The van der Waals surface area contributed by atoms with Gasteiger partial charge in [-0.05, 0) is 55.7 Å². The van der Waals surface area contributed by atoms with Crippen LogP contribution in [-0.4, -0.2) is 46.1 Å². The molecular formula is C26H36ClN5O4. The van der Waals surface area contributed by atoms with Crippen LogP contribution in [0.2, 0.25) is 0 Å². The van der Waals surface area contributed by atoms with Gasteiger partial charge in [-0.15, -0.1) is 12.4 Å². The van der Waals surface area contributed by atoms with Crippen LogP contribution in [0.4, 0.5) is 5.69 Å². The third-order valence-electron chi connectivity index (χ3n) is 6.96. The molecule has 196 valence electrons. The van der Waals surface area contributed by atoms with Crippen LogP contribution in [0.15, 0.2) is 18.2 Å². The Kier molecular flexibility index (Phi) is 8.46. The standard InChI is InChI=1S/C26H35N5O4.ClH/c1-4-17-24-20(12-26(2,3)13-21(24)32)31(30-17)15-9-10-16(25(28)34)19(11-15)29-18-7-5-6-8-22(18)35-23(33)14-27;/h9-11,18,22,29H,4-8,12-14,27H2,1-3H3,(H2,28,34);1H/t18-,22-;/m0./s1. The fourth-order valence-electron chi connectivity index (χ4n) is 5.31. The van der Waals surface area contributed by atoms with E-state index in [1.807, 2.05) is 17.7 Å². The lowest BCUT2D eigenvalue weighted by Crippen LogP contribution is -2.41. The molecule has 2 aliphatic carbocycles. The average molecular weight is 518 g/mol. The highest BCUT2D eigenvalue weighted by molar-refractivity contribution is 6.00. The molecule has 1 heterocycles. The quantitative estimate of drug-likeness (QED) is 0.478. The Bertz CT molecular complexity index is 1160. The summed E-state index contributed by atoms with van der Waals surface area (Å²) in [6, 6.07) is 5.15. The number of esters is 1. The molecule has 9 nitrogen and oxygen atoms in total. The van der Waals surface area contributed by atoms with Gasteiger partial charge in [-0.3, -0.25) is 14.4 Å². The number of halogens is 1. The van der Waals surface area contributed by atoms with Crippen molar-refractivity contribution in [1.29, 1.82) is 0 Å². The third kappa shape index (κ3) is 5.57. The molecule has 0 saturated heterocycles. The molecule has 0 radical (unpaired) electrons. The van der Waals surface area contributed by atoms with Crippen LogP contribution in [0.25, 0.3) is 5.69 Å². The SMILES string of the molecule is CCc1nn(-c2ccc(C(N)=O)c(N[C@H]3CCCC[C@@H]3OC(=O)CN)c2)c2c1C(=O)CC(C)(C)C2.Cl. The first-order valence-corrected chi connectivity index (χ1v) is 12.4. The number of ketones is 1. The number of carbonyl (C=O) groups excluding carboxylic acids is 3. The molecule has 36 heavy (non-hydrogen) atoms. The lowest BCUT2D eigenvalue weighted by atomic mass is 9.75. The van der Waals surface area contributed by atoms with E-state index in [0.717, 1.165) is 54.7 Å². The van der Waals surface area contributed by atoms with E-state index in [2.05, 4.69) is 19.2 Å². The van der Waals surface area contributed by atoms with Gasteiger partial charge in [0, 0.05) is 12.1 Å². The first kappa shape index (κ1) is 27.7. The fourth-order valence-corrected chi connectivity index (χ4v) is 5.31. The molecule has 0 aliphatic heterocycles. The van der Waals surface area contributed by atoms with Gasteiger partial charge in [0.1, 0.15) is 6.10 Å². The van der Waals surface area contributed by atoms with Gasteiger partial charge in [-0.1, -0.05) is 27.2 Å². The largest absolute Gasteiger partial charge is 0.459 e. The maximum Gasteiger partial charge on any atom is 0.320 e. The topological polar surface area (TPSA) is 142 Å². The smallest absolute Gasteiger partial charge is 0.320 e. The summed E-state index contributed by atoms with van der Waals surface area (Å²) in [4.78, 5) is 37.1. The Morgan fingerprint density at radius 3 is 2.61 bits per heavy atom. The Hall–Kier alpha value is -2.91. The van der Waals surface area contributed by atoms with E-state index < -0.39 is 11.9 Å². The van der Waals surface area contributed by atoms with Crippen LogP contribution in [0, 0.1) is 5.41 Å². The van der Waals surface area contributed by atoms with Gasteiger partial charge >= 0.3 is 5.97 Å². The summed E-state index contributed by atoms with van der Waals surface area (Å²) < 4.78 is 7.40. The van der Waals surface area contributed by atoms with Crippen LogP contribution in [0.5, 0.6) is 0 Å². The van der Waals surface area contributed by atoms with Gasteiger partial charge in [-0.2, -0.15) is 5.10 Å². The highest BCUT2D eigenvalue weighted by Gasteiger charge is 2.36. The lowest BCUT2D eigenvalue weighted by Gasteiger charge is -2.33. The van der Waals surface area contributed by atoms with Crippen molar-refractivity contribution in [3.8, 4) is 5.69 Å². The van der Waals surface area contributed by atoms with E-state index in [1.165, 1.54) is 0 Å². The number of nitrogens with one attached hydrogen (secondary N) is 1. The van der Waals surface area contributed by atoms with Gasteiger partial charge in [0.05, 0.1) is 40.8 Å². The zero-order chi connectivity index (χ0) is 25.3. The van der Waals surface area contributed by atoms with E-state index in [0.29, 0.717) is 24.1 Å². The normalized spacial score (nSPS) is 20.7. The van der Waals surface area contributed by atoms with Gasteiger partial charge in [0.15, 0.2) is 5.78 Å². The van der Waals surface area contributed by atoms with Gasteiger partial charge in [0.2, 0.25) is 0 Å². The molecular weight excluding hydrogens is 482 g/mol. The summed E-state index contributed by atoms with van der Waals surface area (Å²) in [5.41, 5.74) is 15.0. The number of aromatic nitrogens is 2. The molecule has 0 bridgehead atoms. The predicted octanol–water partition coefficient (Wildman–Crippen LogP) is 3.34. The number of anilines is 1. The summed E-state index contributed by atoms with van der Waals surface area (Å²) in [7, 11) is 0. The molecule has 2 aliphatic rings. The zero-order valence-corrected chi connectivity index (χ0v) is 22.0. The molecule has 0 spiro atoms. The number of nitrogens with zero attached hydrogens (tertiary/aromatic N) is 2. The van der Waals surface area contributed by atoms with Crippen molar-refractivity contribution in [2.24, 2.45) is 16.9 Å². The molecule has 2 aromatic rings. The number of fused-ring (bicyclic) bond motifs is 1. The van der Waals surface area contributed by atoms with Gasteiger partial charge < -0.3 is 21.5 Å². The molecule has 2 atom stereocenters. The van der Waals surface area contributed by atoms with Crippen molar-refractivity contribution < 1.29 is 19.1 Å². The van der Waals surface area contributed by atoms with Crippen LogP contribution in [0.1, 0.15) is 85.0 Å². The molecule has 1 aromatic carbocycles. The molecule has 10 heteroatoms. The van der Waals surface area contributed by atoms with Gasteiger partial charge in [0.25, 0.3) is 5.91 Å². The highest BCUT2D eigenvalue weighted by atomic mass is 35.5. The summed E-state index contributed by atoms with van der Waals surface area (Å²) in [5, 5.41) is 8.21. The summed E-state index contributed by atoms with van der Waals surface area (Å²) in [6.07, 6.45) is 4.96. The number of carbonyl (C=O) groups is 3. The Morgan fingerprint density at radius 2 is 1.94 bits per heavy atom. The van der Waals surface area contributed by atoms with E-state index >= 15 is 0 Å². The fraction of sp³-hybridized carbons (Fsp3) is 0.538. The average Bonchev–Trinajstić information content (AvgIpc) is 3.17. The van der Waals surface area contributed by atoms with Gasteiger partial charge in [-0.25, -0.2) is 4.68 Å². The van der Waals surface area contributed by atoms with E-state index in [9.17, 15) is 14.4 Å². The van der Waals surface area contributed by atoms with Crippen molar-refractivity contribution >= 4 is 35.8 Å². The number of amides is 1.